The number of hydrazine groups is 1. The largest absolute Gasteiger partial charge is 0.495 e. The normalized spacial score (nSPS) is 26.0. The van der Waals surface area contributed by atoms with Gasteiger partial charge in [-0.3, -0.25) is 29.0 Å². The lowest BCUT2D eigenvalue weighted by Crippen LogP contribution is -2.50. The van der Waals surface area contributed by atoms with Crippen LogP contribution in [0.15, 0.2) is 46.2 Å². The first-order chi connectivity index (χ1) is 25.7. The maximum atomic E-state index is 14.3. The summed E-state index contributed by atoms with van der Waals surface area (Å²) in [5.74, 6) is -4.14. The third kappa shape index (κ3) is 5.58. The monoisotopic (exact) mass is 788 g/mol. The van der Waals surface area contributed by atoms with Crippen LogP contribution in [0.25, 0.3) is 0 Å². The van der Waals surface area contributed by atoms with Gasteiger partial charge in [0.05, 0.1) is 38.1 Å². The molecule has 4 aliphatic heterocycles. The van der Waals surface area contributed by atoms with Crippen molar-refractivity contribution in [1.82, 2.24) is 28.4 Å². The van der Waals surface area contributed by atoms with Gasteiger partial charge in [0.1, 0.15) is 33.4 Å². The number of nitrogens with zero attached hydrogens (tertiary/aromatic N) is 6. The number of fused-ring (bicyclic) bond motifs is 5. The van der Waals surface area contributed by atoms with Gasteiger partial charge in [0.2, 0.25) is 43.7 Å². The average Bonchev–Trinajstić information content (AvgIpc) is 3.82. The summed E-state index contributed by atoms with van der Waals surface area (Å²) in [7, 11) is -5.52. The van der Waals surface area contributed by atoms with Crippen LogP contribution in [0.3, 0.4) is 0 Å². The molecule has 4 saturated heterocycles. The van der Waals surface area contributed by atoms with Crippen LogP contribution in [-0.2, 0) is 39.2 Å². The highest BCUT2D eigenvalue weighted by Gasteiger charge is 2.73. The summed E-state index contributed by atoms with van der Waals surface area (Å²) in [5, 5.41) is 3.23. The molecule has 4 amide bonds. The third-order valence-corrected chi connectivity index (χ3v) is 15.4. The van der Waals surface area contributed by atoms with Gasteiger partial charge >= 0.3 is 0 Å². The number of ether oxygens (including phenoxy) is 2. The first-order valence-corrected chi connectivity index (χ1v) is 21.2. The number of imide groups is 2. The van der Waals surface area contributed by atoms with Crippen molar-refractivity contribution in [3.63, 3.8) is 0 Å². The van der Waals surface area contributed by atoms with E-state index in [2.05, 4.69) is 0 Å². The summed E-state index contributed by atoms with van der Waals surface area (Å²) in [6.45, 7) is 11.0. The number of hydrogen-bond donors (Lipinski definition) is 0. The van der Waals surface area contributed by atoms with Crippen molar-refractivity contribution in [3.05, 3.63) is 47.5 Å². The molecule has 54 heavy (non-hydrogen) atoms. The summed E-state index contributed by atoms with van der Waals surface area (Å²) in [5.41, 5.74) is 0.652. The Kier molecular flexibility index (Phi) is 10.8. The van der Waals surface area contributed by atoms with Crippen molar-refractivity contribution in [2.75, 3.05) is 53.5 Å². The number of likely N-dealkylation sites (tertiary alicyclic amines) is 2. The number of likely N-dealkylation sites (N-methyl/N-ethyl adjacent to an activating group) is 2. The summed E-state index contributed by atoms with van der Waals surface area (Å²) in [6.07, 6.45) is 0. The molecule has 0 saturated carbocycles. The molecule has 6 rings (SSSR count). The molecule has 0 aromatic heterocycles. The molecule has 18 heteroatoms. The van der Waals surface area contributed by atoms with Gasteiger partial charge in [-0.05, 0) is 49.2 Å². The number of amides is 4. The number of sulfonamides is 2. The van der Waals surface area contributed by atoms with Crippen LogP contribution in [0, 0.1) is 11.8 Å². The minimum Gasteiger partial charge on any atom is -0.495 e. The van der Waals surface area contributed by atoms with E-state index in [-0.39, 0.29) is 60.6 Å². The topological polar surface area (TPSA) is 174 Å². The maximum Gasteiger partial charge on any atom is 0.248 e. The number of hydrogen-bond acceptors (Lipinski definition) is 12. The second kappa shape index (κ2) is 14.6. The Labute approximate surface area is 316 Å². The van der Waals surface area contributed by atoms with Crippen molar-refractivity contribution in [3.8, 4) is 11.5 Å². The van der Waals surface area contributed by atoms with Crippen LogP contribution >= 0.6 is 0 Å². The maximum absolute atomic E-state index is 14.3. The zero-order valence-electron chi connectivity index (χ0n) is 31.8. The fraction of sp³-hybridized carbons (Fsp3) is 0.556. The molecule has 6 unspecified atom stereocenters. The summed E-state index contributed by atoms with van der Waals surface area (Å²) >= 11 is 0. The highest BCUT2D eigenvalue weighted by atomic mass is 32.2. The molecule has 4 aliphatic rings. The van der Waals surface area contributed by atoms with Crippen LogP contribution in [0.1, 0.15) is 64.8 Å². The molecule has 4 heterocycles. The molecule has 2 aromatic carbocycles. The van der Waals surface area contributed by atoms with Gasteiger partial charge in [-0.2, -0.15) is 8.61 Å². The Hall–Kier alpha value is -3.94. The number of carbonyl (C=O) groups excluding carboxylic acids is 4. The van der Waals surface area contributed by atoms with Crippen molar-refractivity contribution in [2.24, 2.45) is 11.8 Å². The highest BCUT2D eigenvalue weighted by molar-refractivity contribution is 7.89. The predicted molar refractivity (Wildman–Crippen MR) is 195 cm³/mol. The number of rotatable bonds is 14. The lowest BCUT2D eigenvalue weighted by Gasteiger charge is -2.36. The fourth-order valence-corrected chi connectivity index (χ4v) is 12.1. The van der Waals surface area contributed by atoms with Gasteiger partial charge in [0.15, 0.2) is 0 Å². The molecular formula is C36H48N6O10S2. The Balaban J connectivity index is 1.62. The summed E-state index contributed by atoms with van der Waals surface area (Å²) < 4.78 is 69.5. The first-order valence-electron chi connectivity index (χ1n) is 18.3. The van der Waals surface area contributed by atoms with E-state index in [1.165, 1.54) is 47.1 Å². The van der Waals surface area contributed by atoms with Gasteiger partial charge < -0.3 is 9.47 Å². The van der Waals surface area contributed by atoms with E-state index >= 15 is 0 Å². The molecule has 0 bridgehead atoms. The summed E-state index contributed by atoms with van der Waals surface area (Å²) in [6, 6.07) is 4.53. The van der Waals surface area contributed by atoms with E-state index in [4.69, 9.17) is 9.47 Å². The van der Waals surface area contributed by atoms with Gasteiger partial charge in [-0.25, -0.2) is 26.9 Å². The zero-order chi connectivity index (χ0) is 39.6. The van der Waals surface area contributed by atoms with Crippen LogP contribution in [0.5, 0.6) is 11.5 Å². The van der Waals surface area contributed by atoms with Gasteiger partial charge in [0.25, 0.3) is 0 Å². The molecule has 0 aliphatic carbocycles. The van der Waals surface area contributed by atoms with Gasteiger partial charge in [0, 0.05) is 39.3 Å². The fourth-order valence-electron chi connectivity index (χ4n) is 8.80. The van der Waals surface area contributed by atoms with Crippen molar-refractivity contribution < 1.29 is 45.5 Å². The van der Waals surface area contributed by atoms with Crippen LogP contribution in [0.4, 0.5) is 0 Å². The summed E-state index contributed by atoms with van der Waals surface area (Å²) in [4.78, 5) is 59.2. The number of carbonyl (C=O) groups is 4. The predicted octanol–water partition coefficient (Wildman–Crippen LogP) is 1.84. The molecule has 6 atom stereocenters. The minimum atomic E-state index is -4.11. The third-order valence-electron chi connectivity index (χ3n) is 11.2. The van der Waals surface area contributed by atoms with Crippen LogP contribution in [-0.4, -0.2) is 134 Å². The Bertz CT molecular complexity index is 1940. The number of methoxy groups -OCH3 is 2. The number of benzene rings is 2. The molecule has 16 nitrogen and oxygen atoms in total. The standard InChI is InChI=1S/C36H48N6O10S2/c1-9-37(10-2)53(47,48)25-19-21(15-17-23(25)51-7)29-27-31(35(45)39(13-5)33(27)43)42-30(28-32(41(29)42)36(46)40(14-6)34(28)44)22-16-18-24(52-8)26(20-22)54(49,50)38(11-3)12-4/h15-20,27-32H,9-14H2,1-8H3. The molecule has 0 radical (unpaired) electrons. The molecule has 0 N–H and O–H groups in total. The minimum absolute atomic E-state index is 0.0588. The molecule has 0 spiro atoms. The second-order valence-electron chi connectivity index (χ2n) is 13.4. The lowest BCUT2D eigenvalue weighted by atomic mass is 9.84. The smallest absolute Gasteiger partial charge is 0.248 e. The average molecular weight is 789 g/mol. The quantitative estimate of drug-likeness (QED) is 0.255. The zero-order valence-corrected chi connectivity index (χ0v) is 33.4. The Morgan fingerprint density at radius 2 is 0.870 bits per heavy atom. The van der Waals surface area contributed by atoms with Crippen molar-refractivity contribution in [1.29, 1.82) is 0 Å². The van der Waals surface area contributed by atoms with E-state index < -0.39 is 79.7 Å². The van der Waals surface area contributed by atoms with Gasteiger partial charge in [-0.15, -0.1) is 0 Å². The Morgan fingerprint density at radius 1 is 0.537 bits per heavy atom. The van der Waals surface area contributed by atoms with E-state index in [0.717, 1.165) is 9.80 Å². The van der Waals surface area contributed by atoms with Crippen LogP contribution < -0.4 is 9.47 Å². The van der Waals surface area contributed by atoms with E-state index in [0.29, 0.717) is 11.1 Å². The Morgan fingerprint density at radius 3 is 1.15 bits per heavy atom. The van der Waals surface area contributed by atoms with Crippen molar-refractivity contribution in [2.45, 2.75) is 75.5 Å². The van der Waals surface area contributed by atoms with Crippen LogP contribution in [0.2, 0.25) is 0 Å². The SMILES string of the molecule is CCN1C(=O)C2C(C1=O)N1C(c3ccc(OC)c(S(=O)(=O)N(CC)CC)c3)C3C(=O)N(CC)C(=O)C3N1C2c1ccc(OC)c(S(=O)(=O)N(CC)CC)c1. The molecule has 2 aromatic rings. The van der Waals surface area contributed by atoms with E-state index in [1.54, 1.807) is 63.7 Å². The van der Waals surface area contributed by atoms with E-state index in [9.17, 15) is 36.0 Å². The molecule has 294 valence electrons. The first kappa shape index (κ1) is 39.7. The lowest BCUT2D eigenvalue weighted by molar-refractivity contribution is -0.152. The highest BCUT2D eigenvalue weighted by Crippen LogP contribution is 2.59. The second-order valence-corrected chi connectivity index (χ2v) is 17.2. The van der Waals surface area contributed by atoms with Gasteiger partial charge in [-0.1, -0.05) is 39.8 Å². The van der Waals surface area contributed by atoms with E-state index in [1.807, 2.05) is 0 Å². The molecular weight excluding hydrogens is 741 g/mol. The van der Waals surface area contributed by atoms with Crippen molar-refractivity contribution >= 4 is 43.7 Å². The molecule has 4 fully saturated rings.